The summed E-state index contributed by atoms with van der Waals surface area (Å²) in [4.78, 5) is 2.26. The molecule has 20 heavy (non-hydrogen) atoms. The van der Waals surface area contributed by atoms with Crippen LogP contribution < -0.4 is 0 Å². The molecule has 1 aromatic rings. The fourth-order valence-electron chi connectivity index (χ4n) is 3.55. The van der Waals surface area contributed by atoms with Crippen molar-refractivity contribution in [3.05, 3.63) is 34.9 Å². The quantitative estimate of drug-likeness (QED) is 0.843. The van der Waals surface area contributed by atoms with E-state index < -0.39 is 6.10 Å². The summed E-state index contributed by atoms with van der Waals surface area (Å²) in [5.74, 6) is 0. The van der Waals surface area contributed by atoms with Crippen LogP contribution in [0.3, 0.4) is 0 Å². The van der Waals surface area contributed by atoms with Gasteiger partial charge in [-0.1, -0.05) is 43.9 Å². The first-order chi connectivity index (χ1) is 9.47. The third-order valence-corrected chi connectivity index (χ3v) is 5.22. The molecule has 0 bridgehead atoms. The molecule has 1 N–H and O–H groups in total. The number of aliphatic hydroxyl groups excluding tert-OH is 1. The average molecular weight is 275 g/mol. The molecule has 0 aliphatic heterocycles. The van der Waals surface area contributed by atoms with E-state index in [1.54, 1.807) is 0 Å². The Kier molecular flexibility index (Phi) is 4.87. The second-order valence-corrected chi connectivity index (χ2v) is 6.66. The van der Waals surface area contributed by atoms with Gasteiger partial charge in [-0.15, -0.1) is 0 Å². The lowest BCUT2D eigenvalue weighted by Crippen LogP contribution is -2.49. The second kappa shape index (κ2) is 6.28. The largest absolute Gasteiger partial charge is 0.386 e. The van der Waals surface area contributed by atoms with Crippen LogP contribution >= 0.6 is 0 Å². The highest BCUT2D eigenvalue weighted by atomic mass is 16.3. The van der Waals surface area contributed by atoms with Gasteiger partial charge < -0.3 is 10.0 Å². The van der Waals surface area contributed by atoms with Crippen LogP contribution in [0, 0.1) is 13.8 Å². The highest BCUT2D eigenvalue weighted by Crippen LogP contribution is 2.41. The zero-order valence-electron chi connectivity index (χ0n) is 13.4. The number of nitrogens with zero attached hydrogens (tertiary/aromatic N) is 1. The Morgan fingerprint density at radius 3 is 2.10 bits per heavy atom. The minimum Gasteiger partial charge on any atom is -0.386 e. The maximum atomic E-state index is 11.1. The first-order valence-electron chi connectivity index (χ1n) is 7.90. The molecule has 1 aromatic carbocycles. The summed E-state index contributed by atoms with van der Waals surface area (Å²) >= 11 is 0. The summed E-state index contributed by atoms with van der Waals surface area (Å²) in [6.07, 6.45) is 6.84. The topological polar surface area (TPSA) is 23.5 Å². The normalized spacial score (nSPS) is 20.7. The van der Waals surface area contributed by atoms with Gasteiger partial charge in [0.05, 0.1) is 11.6 Å². The van der Waals surface area contributed by atoms with Crippen molar-refractivity contribution in [3.63, 3.8) is 0 Å². The van der Waals surface area contributed by atoms with Gasteiger partial charge in [-0.2, -0.15) is 0 Å². The molecular formula is C18H29NO. The zero-order valence-corrected chi connectivity index (χ0v) is 13.4. The van der Waals surface area contributed by atoms with Crippen molar-refractivity contribution in [2.45, 2.75) is 64.0 Å². The van der Waals surface area contributed by atoms with Crippen LogP contribution in [0.2, 0.25) is 0 Å². The molecule has 2 nitrogen and oxygen atoms in total. The molecule has 2 heteroatoms. The number of hydrogen-bond donors (Lipinski definition) is 1. The molecule has 1 saturated carbocycles. The van der Waals surface area contributed by atoms with Gasteiger partial charge in [-0.25, -0.2) is 0 Å². The summed E-state index contributed by atoms with van der Waals surface area (Å²) in [6, 6.07) is 6.40. The Morgan fingerprint density at radius 1 is 1.00 bits per heavy atom. The Morgan fingerprint density at radius 2 is 1.60 bits per heavy atom. The first-order valence-corrected chi connectivity index (χ1v) is 7.90. The van der Waals surface area contributed by atoms with Gasteiger partial charge in [0.2, 0.25) is 0 Å². The third kappa shape index (κ3) is 2.91. The van der Waals surface area contributed by atoms with Crippen LogP contribution in [0.4, 0.5) is 0 Å². The standard InChI is InChI=1S/C18H29NO/c1-14-9-10-16(13-15(14)2)17(20)18(19(3)4)11-7-5-6-8-12-18/h9-10,13,17,20H,5-8,11-12H2,1-4H3. The summed E-state index contributed by atoms with van der Waals surface area (Å²) in [5.41, 5.74) is 3.53. The summed E-state index contributed by atoms with van der Waals surface area (Å²) < 4.78 is 0. The predicted molar refractivity (Wildman–Crippen MR) is 85.0 cm³/mol. The van der Waals surface area contributed by atoms with E-state index >= 15 is 0 Å². The molecule has 0 heterocycles. The number of aryl methyl sites for hydroxylation is 2. The maximum absolute atomic E-state index is 11.1. The molecule has 2 rings (SSSR count). The molecule has 0 aromatic heterocycles. The van der Waals surface area contributed by atoms with Gasteiger partial charge in [0, 0.05) is 0 Å². The van der Waals surface area contributed by atoms with Gasteiger partial charge in [0.1, 0.15) is 0 Å². The Labute approximate surface area is 123 Å². The van der Waals surface area contributed by atoms with Crippen molar-refractivity contribution in [1.29, 1.82) is 0 Å². The van der Waals surface area contributed by atoms with E-state index in [0.717, 1.165) is 18.4 Å². The van der Waals surface area contributed by atoms with Gasteiger partial charge in [0.15, 0.2) is 0 Å². The van der Waals surface area contributed by atoms with Crippen LogP contribution in [-0.2, 0) is 0 Å². The average Bonchev–Trinajstić information content (AvgIpc) is 2.67. The van der Waals surface area contributed by atoms with Crippen LogP contribution in [0.5, 0.6) is 0 Å². The van der Waals surface area contributed by atoms with Crippen LogP contribution in [-0.4, -0.2) is 29.6 Å². The summed E-state index contributed by atoms with van der Waals surface area (Å²) in [6.45, 7) is 4.25. The zero-order chi connectivity index (χ0) is 14.8. The summed E-state index contributed by atoms with van der Waals surface area (Å²) in [5, 5.41) is 11.1. The second-order valence-electron chi connectivity index (χ2n) is 6.66. The Hall–Kier alpha value is -0.860. The number of rotatable bonds is 3. The predicted octanol–water partition coefficient (Wildman–Crippen LogP) is 3.99. The fraction of sp³-hybridized carbons (Fsp3) is 0.667. The van der Waals surface area contributed by atoms with E-state index in [1.807, 2.05) is 0 Å². The Balaban J connectivity index is 2.34. The van der Waals surface area contributed by atoms with Crippen LogP contribution in [0.1, 0.15) is 61.3 Å². The number of hydrogen-bond acceptors (Lipinski definition) is 2. The van der Waals surface area contributed by atoms with Gasteiger partial charge in [0.25, 0.3) is 0 Å². The van der Waals surface area contributed by atoms with E-state index in [0.29, 0.717) is 0 Å². The van der Waals surface area contributed by atoms with E-state index in [1.165, 1.54) is 36.8 Å². The molecule has 0 amide bonds. The molecule has 112 valence electrons. The van der Waals surface area contributed by atoms with Gasteiger partial charge in [-0.05, 0) is 57.5 Å². The third-order valence-electron chi connectivity index (χ3n) is 5.22. The molecule has 1 fully saturated rings. The highest BCUT2D eigenvalue weighted by Gasteiger charge is 2.40. The smallest absolute Gasteiger partial charge is 0.0973 e. The highest BCUT2D eigenvalue weighted by molar-refractivity contribution is 5.32. The molecule has 0 radical (unpaired) electrons. The molecule has 1 aliphatic carbocycles. The fourth-order valence-corrected chi connectivity index (χ4v) is 3.55. The van der Waals surface area contributed by atoms with Crippen molar-refractivity contribution in [1.82, 2.24) is 4.90 Å². The first kappa shape index (κ1) is 15.5. The molecular weight excluding hydrogens is 246 g/mol. The lowest BCUT2D eigenvalue weighted by atomic mass is 9.79. The van der Waals surface area contributed by atoms with E-state index in [-0.39, 0.29) is 5.54 Å². The lowest BCUT2D eigenvalue weighted by Gasteiger charge is -2.43. The number of benzene rings is 1. The number of likely N-dealkylation sites (N-methyl/N-ethyl adjacent to an activating group) is 1. The van der Waals surface area contributed by atoms with Crippen molar-refractivity contribution in [2.24, 2.45) is 0 Å². The maximum Gasteiger partial charge on any atom is 0.0973 e. The van der Waals surface area contributed by atoms with Gasteiger partial charge in [-0.3, -0.25) is 0 Å². The lowest BCUT2D eigenvalue weighted by molar-refractivity contribution is -0.0199. The number of aliphatic hydroxyl groups is 1. The SMILES string of the molecule is Cc1ccc(C(O)C2(N(C)C)CCCCCC2)cc1C. The van der Waals surface area contributed by atoms with Crippen molar-refractivity contribution in [3.8, 4) is 0 Å². The monoisotopic (exact) mass is 275 g/mol. The summed E-state index contributed by atoms with van der Waals surface area (Å²) in [7, 11) is 4.24. The molecule has 1 atom stereocenters. The van der Waals surface area contributed by atoms with E-state index in [4.69, 9.17) is 0 Å². The molecule has 1 unspecified atom stereocenters. The Bertz CT molecular complexity index is 445. The van der Waals surface area contributed by atoms with Crippen molar-refractivity contribution in [2.75, 3.05) is 14.1 Å². The van der Waals surface area contributed by atoms with Crippen LogP contribution in [0.15, 0.2) is 18.2 Å². The van der Waals surface area contributed by atoms with Crippen molar-refractivity contribution >= 4 is 0 Å². The minimum atomic E-state index is -0.394. The molecule has 0 spiro atoms. The van der Waals surface area contributed by atoms with E-state index in [2.05, 4.69) is 51.0 Å². The molecule has 0 saturated heterocycles. The minimum absolute atomic E-state index is 0.0990. The van der Waals surface area contributed by atoms with Crippen LogP contribution in [0.25, 0.3) is 0 Å². The van der Waals surface area contributed by atoms with E-state index in [9.17, 15) is 5.11 Å². The molecule has 1 aliphatic rings. The van der Waals surface area contributed by atoms with Gasteiger partial charge >= 0.3 is 0 Å². The van der Waals surface area contributed by atoms with Crippen molar-refractivity contribution < 1.29 is 5.11 Å².